The van der Waals surface area contributed by atoms with E-state index < -0.39 is 0 Å². The van der Waals surface area contributed by atoms with Gasteiger partial charge in [-0.05, 0) is 36.2 Å². The first-order valence-corrected chi connectivity index (χ1v) is 9.87. The Morgan fingerprint density at radius 2 is 1.89 bits per heavy atom. The van der Waals surface area contributed by atoms with Crippen molar-refractivity contribution in [3.8, 4) is 0 Å². The zero-order valence-corrected chi connectivity index (χ0v) is 16.3. The van der Waals surface area contributed by atoms with E-state index >= 15 is 0 Å². The number of hydrogen-bond acceptors (Lipinski definition) is 4. The van der Waals surface area contributed by atoms with Crippen LogP contribution in [0.25, 0.3) is 0 Å². The van der Waals surface area contributed by atoms with Gasteiger partial charge in [-0.1, -0.05) is 42.5 Å². The first kappa shape index (κ1) is 18.1. The summed E-state index contributed by atoms with van der Waals surface area (Å²) in [6.07, 6.45) is 4.41. The standard InChI is InChI=1S/C22H20N4OS/c1-16-21(28-20(24-16)14-17-7-3-2-4-8-17)22(27)25-19-10-5-9-18(13-19)15-26-12-6-11-23-26/h2-13H,14-15H2,1H3,(H,25,27). The molecule has 2 aromatic heterocycles. The van der Waals surface area contributed by atoms with Gasteiger partial charge in [-0.25, -0.2) is 4.98 Å². The number of carbonyl (C=O) groups is 1. The largest absolute Gasteiger partial charge is 0.321 e. The van der Waals surface area contributed by atoms with E-state index in [9.17, 15) is 4.79 Å². The molecule has 140 valence electrons. The SMILES string of the molecule is Cc1nc(Cc2ccccc2)sc1C(=O)Nc1cccc(Cn2cccn2)c1. The second-order valence-electron chi connectivity index (χ2n) is 6.54. The van der Waals surface area contributed by atoms with Crippen molar-refractivity contribution in [2.75, 3.05) is 5.32 Å². The van der Waals surface area contributed by atoms with E-state index in [1.165, 1.54) is 16.9 Å². The van der Waals surface area contributed by atoms with E-state index in [2.05, 4.69) is 27.5 Å². The van der Waals surface area contributed by atoms with Gasteiger partial charge in [-0.2, -0.15) is 5.10 Å². The molecule has 0 bridgehead atoms. The van der Waals surface area contributed by atoms with Crippen molar-refractivity contribution >= 4 is 22.9 Å². The predicted molar refractivity (Wildman–Crippen MR) is 112 cm³/mol. The van der Waals surface area contributed by atoms with Crippen LogP contribution in [0.1, 0.15) is 31.5 Å². The zero-order valence-electron chi connectivity index (χ0n) is 15.5. The van der Waals surface area contributed by atoms with Crippen molar-refractivity contribution < 1.29 is 4.79 Å². The molecule has 5 nitrogen and oxygen atoms in total. The van der Waals surface area contributed by atoms with Crippen LogP contribution in [0.3, 0.4) is 0 Å². The van der Waals surface area contributed by atoms with E-state index in [1.807, 2.05) is 66.3 Å². The predicted octanol–water partition coefficient (Wildman–Crippen LogP) is 4.54. The summed E-state index contributed by atoms with van der Waals surface area (Å²) in [7, 11) is 0. The van der Waals surface area contributed by atoms with Gasteiger partial charge in [0.15, 0.2) is 0 Å². The summed E-state index contributed by atoms with van der Waals surface area (Å²) in [6, 6.07) is 19.9. The smallest absolute Gasteiger partial charge is 0.267 e. The summed E-state index contributed by atoms with van der Waals surface area (Å²) in [5, 5.41) is 8.16. The first-order chi connectivity index (χ1) is 13.7. The second kappa shape index (κ2) is 8.19. The molecule has 0 unspecified atom stereocenters. The molecule has 1 N–H and O–H groups in total. The number of anilines is 1. The van der Waals surface area contributed by atoms with E-state index in [4.69, 9.17) is 0 Å². The number of aryl methyl sites for hydroxylation is 1. The van der Waals surface area contributed by atoms with Crippen LogP contribution in [0.5, 0.6) is 0 Å². The highest BCUT2D eigenvalue weighted by molar-refractivity contribution is 7.14. The highest BCUT2D eigenvalue weighted by Gasteiger charge is 2.16. The van der Waals surface area contributed by atoms with Gasteiger partial charge in [-0.15, -0.1) is 11.3 Å². The fourth-order valence-electron chi connectivity index (χ4n) is 3.03. The molecule has 28 heavy (non-hydrogen) atoms. The Bertz CT molecular complexity index is 1070. The van der Waals surface area contributed by atoms with Crippen LogP contribution in [0.4, 0.5) is 5.69 Å². The third-order valence-corrected chi connectivity index (χ3v) is 5.49. The van der Waals surface area contributed by atoms with E-state index in [-0.39, 0.29) is 5.91 Å². The van der Waals surface area contributed by atoms with E-state index in [0.717, 1.165) is 28.4 Å². The molecule has 1 amide bonds. The summed E-state index contributed by atoms with van der Waals surface area (Å²) in [6.45, 7) is 2.55. The summed E-state index contributed by atoms with van der Waals surface area (Å²) >= 11 is 1.45. The highest BCUT2D eigenvalue weighted by Crippen LogP contribution is 2.22. The Hall–Kier alpha value is -3.25. The van der Waals surface area contributed by atoms with Crippen molar-refractivity contribution in [3.05, 3.63) is 99.8 Å². The lowest BCUT2D eigenvalue weighted by atomic mass is 10.2. The van der Waals surface area contributed by atoms with Gasteiger partial charge in [0.05, 0.1) is 17.2 Å². The third-order valence-electron chi connectivity index (χ3n) is 4.33. The average molecular weight is 388 g/mol. The lowest BCUT2D eigenvalue weighted by Crippen LogP contribution is -2.12. The number of hydrogen-bond donors (Lipinski definition) is 1. The minimum Gasteiger partial charge on any atom is -0.321 e. The van der Waals surface area contributed by atoms with Crippen LogP contribution in [0, 0.1) is 6.92 Å². The maximum absolute atomic E-state index is 12.8. The number of amides is 1. The molecule has 0 aliphatic rings. The molecule has 2 aromatic carbocycles. The topological polar surface area (TPSA) is 59.8 Å². The normalized spacial score (nSPS) is 10.8. The van der Waals surface area contributed by atoms with Gasteiger partial charge in [-0.3, -0.25) is 9.48 Å². The Labute approximate surface area is 167 Å². The number of benzene rings is 2. The van der Waals surface area contributed by atoms with Crippen LogP contribution in [0.2, 0.25) is 0 Å². The van der Waals surface area contributed by atoms with Crippen molar-refractivity contribution in [2.45, 2.75) is 19.9 Å². The maximum Gasteiger partial charge on any atom is 0.267 e. The Morgan fingerprint density at radius 1 is 1.07 bits per heavy atom. The summed E-state index contributed by atoms with van der Waals surface area (Å²) < 4.78 is 1.85. The van der Waals surface area contributed by atoms with Crippen LogP contribution in [-0.4, -0.2) is 20.7 Å². The number of nitrogens with zero attached hydrogens (tertiary/aromatic N) is 3. The minimum absolute atomic E-state index is 0.120. The number of aromatic nitrogens is 3. The number of rotatable bonds is 6. The molecule has 0 aliphatic carbocycles. The van der Waals surface area contributed by atoms with Crippen LogP contribution >= 0.6 is 11.3 Å². The van der Waals surface area contributed by atoms with Crippen molar-refractivity contribution in [1.82, 2.24) is 14.8 Å². The summed E-state index contributed by atoms with van der Waals surface area (Å²) in [5.74, 6) is -0.120. The van der Waals surface area contributed by atoms with Gasteiger partial charge >= 0.3 is 0 Å². The monoisotopic (exact) mass is 388 g/mol. The lowest BCUT2D eigenvalue weighted by molar-refractivity contribution is 0.103. The molecule has 4 aromatic rings. The van der Waals surface area contributed by atoms with Gasteiger partial charge in [0.2, 0.25) is 0 Å². The molecular formula is C22H20N4OS. The highest BCUT2D eigenvalue weighted by atomic mass is 32.1. The van der Waals surface area contributed by atoms with Gasteiger partial charge < -0.3 is 5.32 Å². The molecule has 6 heteroatoms. The Morgan fingerprint density at radius 3 is 2.68 bits per heavy atom. The van der Waals surface area contributed by atoms with Crippen LogP contribution < -0.4 is 5.32 Å². The summed E-state index contributed by atoms with van der Waals surface area (Å²) in [5.41, 5.74) is 3.80. The minimum atomic E-state index is -0.120. The van der Waals surface area contributed by atoms with Crippen molar-refractivity contribution in [2.24, 2.45) is 0 Å². The number of thiazole rings is 1. The zero-order chi connectivity index (χ0) is 19.3. The Kier molecular flexibility index (Phi) is 5.30. The summed E-state index contributed by atoms with van der Waals surface area (Å²) in [4.78, 5) is 18.0. The Balaban J connectivity index is 1.46. The molecule has 2 heterocycles. The third kappa shape index (κ3) is 4.35. The first-order valence-electron chi connectivity index (χ1n) is 9.05. The molecular weight excluding hydrogens is 368 g/mol. The van der Waals surface area contributed by atoms with Crippen molar-refractivity contribution in [3.63, 3.8) is 0 Å². The van der Waals surface area contributed by atoms with Crippen LogP contribution in [0.15, 0.2) is 73.1 Å². The maximum atomic E-state index is 12.8. The molecule has 0 saturated carbocycles. The van der Waals surface area contributed by atoms with Gasteiger partial charge in [0.1, 0.15) is 4.88 Å². The average Bonchev–Trinajstić information content (AvgIpc) is 3.32. The number of carbonyl (C=O) groups excluding carboxylic acids is 1. The molecule has 0 atom stereocenters. The molecule has 0 spiro atoms. The van der Waals surface area contributed by atoms with Crippen molar-refractivity contribution in [1.29, 1.82) is 0 Å². The van der Waals surface area contributed by atoms with Gasteiger partial charge in [0, 0.05) is 24.5 Å². The fraction of sp³-hybridized carbons (Fsp3) is 0.136. The van der Waals surface area contributed by atoms with Crippen LogP contribution in [-0.2, 0) is 13.0 Å². The second-order valence-corrected chi connectivity index (χ2v) is 7.63. The quantitative estimate of drug-likeness (QED) is 0.527. The molecule has 0 radical (unpaired) electrons. The molecule has 0 aliphatic heterocycles. The number of nitrogens with one attached hydrogen (secondary N) is 1. The van der Waals surface area contributed by atoms with Gasteiger partial charge in [0.25, 0.3) is 5.91 Å². The lowest BCUT2D eigenvalue weighted by Gasteiger charge is -2.07. The van der Waals surface area contributed by atoms with E-state index in [1.54, 1.807) is 6.20 Å². The van der Waals surface area contributed by atoms with E-state index in [0.29, 0.717) is 11.4 Å². The molecule has 0 fully saturated rings. The molecule has 4 rings (SSSR count). The molecule has 0 saturated heterocycles. The fourth-order valence-corrected chi connectivity index (χ4v) is 4.02.